The van der Waals surface area contributed by atoms with Crippen molar-refractivity contribution in [3.05, 3.63) is 36.7 Å². The molecule has 0 atom stereocenters. The number of sulfonamides is 1. The summed E-state index contributed by atoms with van der Waals surface area (Å²) in [6.07, 6.45) is 8.05. The Morgan fingerprint density at radius 3 is 2.77 bits per heavy atom. The second-order valence-corrected chi connectivity index (χ2v) is 8.65. The van der Waals surface area contributed by atoms with Crippen LogP contribution in [0.15, 0.2) is 41.6 Å². The highest BCUT2D eigenvalue weighted by Crippen LogP contribution is 2.25. The number of rotatable bonds is 7. The smallest absolute Gasteiger partial charge is 0.244 e. The lowest BCUT2D eigenvalue weighted by Gasteiger charge is -2.23. The van der Waals surface area contributed by atoms with Crippen LogP contribution in [0.1, 0.15) is 39.0 Å². The zero-order valence-electron chi connectivity index (χ0n) is 15.0. The first kappa shape index (κ1) is 18.8. The van der Waals surface area contributed by atoms with Crippen LogP contribution in [0.3, 0.4) is 0 Å². The van der Waals surface area contributed by atoms with Gasteiger partial charge in [0.25, 0.3) is 0 Å². The summed E-state index contributed by atoms with van der Waals surface area (Å²) in [5, 5.41) is 4.36. The number of hydrogen-bond acceptors (Lipinski definition) is 4. The molecule has 0 unspecified atom stereocenters. The standard InChI is InChI=1S/C19H25N3O3S/c1-2-12-22(14-19(23)21-16-7-3-4-8-16)26(24,25)18-9-5-6-15-13-20-11-10-17(15)18/h5-6,9-11,13,16H,2-4,7-8,12,14H2,1H3,(H,21,23). The molecule has 26 heavy (non-hydrogen) atoms. The van der Waals surface area contributed by atoms with Gasteiger partial charge in [0.2, 0.25) is 15.9 Å². The van der Waals surface area contributed by atoms with Gasteiger partial charge < -0.3 is 5.32 Å². The molecule has 2 aromatic rings. The van der Waals surface area contributed by atoms with E-state index < -0.39 is 10.0 Å². The maximum absolute atomic E-state index is 13.2. The van der Waals surface area contributed by atoms with E-state index in [-0.39, 0.29) is 23.4 Å². The van der Waals surface area contributed by atoms with Crippen molar-refractivity contribution in [1.29, 1.82) is 0 Å². The maximum Gasteiger partial charge on any atom is 0.244 e. The van der Waals surface area contributed by atoms with E-state index in [0.29, 0.717) is 18.4 Å². The summed E-state index contributed by atoms with van der Waals surface area (Å²) >= 11 is 0. The van der Waals surface area contributed by atoms with Crippen molar-refractivity contribution >= 4 is 26.7 Å². The highest BCUT2D eigenvalue weighted by molar-refractivity contribution is 7.89. The topological polar surface area (TPSA) is 79.4 Å². The Kier molecular flexibility index (Phi) is 5.88. The molecular weight excluding hydrogens is 350 g/mol. The average Bonchev–Trinajstić information content (AvgIpc) is 3.13. The quantitative estimate of drug-likeness (QED) is 0.807. The molecule has 140 valence electrons. The van der Waals surface area contributed by atoms with Gasteiger partial charge in [0.15, 0.2) is 0 Å². The molecule has 1 saturated carbocycles. The molecule has 1 aromatic carbocycles. The first-order valence-electron chi connectivity index (χ1n) is 9.14. The summed E-state index contributed by atoms with van der Waals surface area (Å²) < 4.78 is 27.8. The largest absolute Gasteiger partial charge is 0.352 e. The Morgan fingerprint density at radius 1 is 1.27 bits per heavy atom. The number of hydrogen-bond donors (Lipinski definition) is 1. The lowest BCUT2D eigenvalue weighted by atomic mass is 10.2. The predicted molar refractivity (Wildman–Crippen MR) is 101 cm³/mol. The highest BCUT2D eigenvalue weighted by atomic mass is 32.2. The van der Waals surface area contributed by atoms with Gasteiger partial charge in [-0.2, -0.15) is 4.31 Å². The van der Waals surface area contributed by atoms with Crippen molar-refractivity contribution in [1.82, 2.24) is 14.6 Å². The molecule has 1 amide bonds. The number of benzene rings is 1. The highest BCUT2D eigenvalue weighted by Gasteiger charge is 2.28. The van der Waals surface area contributed by atoms with Crippen LogP contribution >= 0.6 is 0 Å². The lowest BCUT2D eigenvalue weighted by Crippen LogP contribution is -2.43. The molecule has 0 radical (unpaired) electrons. The number of fused-ring (bicyclic) bond motifs is 1. The fourth-order valence-electron chi connectivity index (χ4n) is 3.49. The third kappa shape index (κ3) is 4.04. The van der Waals surface area contributed by atoms with Gasteiger partial charge in [-0.15, -0.1) is 0 Å². The number of amides is 1. The van der Waals surface area contributed by atoms with Crippen LogP contribution in [0.4, 0.5) is 0 Å². The van der Waals surface area contributed by atoms with E-state index in [1.165, 1.54) is 4.31 Å². The minimum Gasteiger partial charge on any atom is -0.352 e. The van der Waals surface area contributed by atoms with E-state index in [0.717, 1.165) is 31.1 Å². The molecule has 1 aliphatic carbocycles. The average molecular weight is 375 g/mol. The van der Waals surface area contributed by atoms with Gasteiger partial charge in [0, 0.05) is 35.8 Å². The second kappa shape index (κ2) is 8.14. The predicted octanol–water partition coefficient (Wildman–Crippen LogP) is 2.69. The molecule has 1 fully saturated rings. The molecular formula is C19H25N3O3S. The molecule has 6 nitrogen and oxygen atoms in total. The van der Waals surface area contributed by atoms with Crippen molar-refractivity contribution in [3.8, 4) is 0 Å². The Hall–Kier alpha value is -1.99. The summed E-state index contributed by atoms with van der Waals surface area (Å²) in [6.45, 7) is 2.07. The summed E-state index contributed by atoms with van der Waals surface area (Å²) in [7, 11) is -3.77. The van der Waals surface area contributed by atoms with Crippen molar-refractivity contribution in [2.45, 2.75) is 50.0 Å². The van der Waals surface area contributed by atoms with E-state index >= 15 is 0 Å². The number of pyridine rings is 1. The molecule has 0 bridgehead atoms. The third-order valence-electron chi connectivity index (χ3n) is 4.77. The molecule has 1 N–H and O–H groups in total. The SMILES string of the molecule is CCCN(CC(=O)NC1CCCC1)S(=O)(=O)c1cccc2cnccc12. The van der Waals surface area contributed by atoms with E-state index in [9.17, 15) is 13.2 Å². The zero-order valence-corrected chi connectivity index (χ0v) is 15.8. The zero-order chi connectivity index (χ0) is 18.6. The molecule has 0 aliphatic heterocycles. The summed E-state index contributed by atoms with van der Waals surface area (Å²) in [5.41, 5.74) is 0. The van der Waals surface area contributed by atoms with Crippen LogP contribution in [0, 0.1) is 0 Å². The number of carbonyl (C=O) groups is 1. The summed E-state index contributed by atoms with van der Waals surface area (Å²) in [6, 6.07) is 7.01. The van der Waals surface area contributed by atoms with Crippen molar-refractivity contribution in [2.75, 3.05) is 13.1 Å². The second-order valence-electron chi connectivity index (χ2n) is 6.74. The van der Waals surface area contributed by atoms with Gasteiger partial charge in [-0.1, -0.05) is 31.9 Å². The van der Waals surface area contributed by atoms with E-state index in [1.807, 2.05) is 13.0 Å². The van der Waals surface area contributed by atoms with Crippen LogP contribution in [-0.2, 0) is 14.8 Å². The van der Waals surface area contributed by atoms with E-state index in [2.05, 4.69) is 10.3 Å². The minimum atomic E-state index is -3.77. The Morgan fingerprint density at radius 2 is 2.04 bits per heavy atom. The van der Waals surface area contributed by atoms with Crippen LogP contribution in [0.2, 0.25) is 0 Å². The summed E-state index contributed by atoms with van der Waals surface area (Å²) in [4.78, 5) is 16.7. The van der Waals surface area contributed by atoms with E-state index in [1.54, 1.807) is 30.6 Å². The molecule has 1 aliphatic rings. The lowest BCUT2D eigenvalue weighted by molar-refractivity contribution is -0.122. The third-order valence-corrected chi connectivity index (χ3v) is 6.68. The van der Waals surface area contributed by atoms with Gasteiger partial charge in [-0.25, -0.2) is 8.42 Å². The van der Waals surface area contributed by atoms with Crippen LogP contribution in [0.5, 0.6) is 0 Å². The maximum atomic E-state index is 13.2. The van der Waals surface area contributed by atoms with Gasteiger partial charge in [0.05, 0.1) is 11.4 Å². The van der Waals surface area contributed by atoms with Gasteiger partial charge in [0.1, 0.15) is 0 Å². The van der Waals surface area contributed by atoms with Gasteiger partial charge in [-0.3, -0.25) is 9.78 Å². The molecule has 1 aromatic heterocycles. The first-order valence-corrected chi connectivity index (χ1v) is 10.6. The normalized spacial score (nSPS) is 15.6. The molecule has 1 heterocycles. The number of carbonyl (C=O) groups excluding carboxylic acids is 1. The Labute approximate surface area is 154 Å². The molecule has 7 heteroatoms. The van der Waals surface area contributed by atoms with Crippen LogP contribution < -0.4 is 5.32 Å². The van der Waals surface area contributed by atoms with E-state index in [4.69, 9.17) is 0 Å². The van der Waals surface area contributed by atoms with Crippen LogP contribution in [-0.4, -0.2) is 42.7 Å². The minimum absolute atomic E-state index is 0.145. The monoisotopic (exact) mass is 375 g/mol. The fourth-order valence-corrected chi connectivity index (χ4v) is 5.20. The fraction of sp³-hybridized carbons (Fsp3) is 0.474. The van der Waals surface area contributed by atoms with Gasteiger partial charge >= 0.3 is 0 Å². The molecule has 0 spiro atoms. The number of aromatic nitrogens is 1. The Balaban J connectivity index is 1.86. The Bertz CT molecular complexity index is 871. The van der Waals surface area contributed by atoms with Crippen molar-refractivity contribution < 1.29 is 13.2 Å². The van der Waals surface area contributed by atoms with Crippen molar-refractivity contribution in [2.24, 2.45) is 0 Å². The molecule has 0 saturated heterocycles. The number of nitrogens with one attached hydrogen (secondary N) is 1. The van der Waals surface area contributed by atoms with Gasteiger partial charge in [-0.05, 0) is 31.4 Å². The molecule has 3 rings (SSSR count). The summed E-state index contributed by atoms with van der Waals surface area (Å²) in [5.74, 6) is -0.226. The first-order chi connectivity index (χ1) is 12.5. The number of nitrogens with zero attached hydrogens (tertiary/aromatic N) is 2. The van der Waals surface area contributed by atoms with Crippen molar-refractivity contribution in [3.63, 3.8) is 0 Å². The van der Waals surface area contributed by atoms with Crippen LogP contribution in [0.25, 0.3) is 10.8 Å².